The normalized spacial score (nSPS) is 14.9. The molecule has 1 aromatic heterocycles. The van der Waals surface area contributed by atoms with Crippen LogP contribution in [0.5, 0.6) is 0 Å². The number of likely N-dealkylation sites (N-methyl/N-ethyl adjacent to an activating group) is 1. The quantitative estimate of drug-likeness (QED) is 0.865. The largest absolute Gasteiger partial charge is 0.374 e. The molecule has 1 aliphatic heterocycles. The predicted molar refractivity (Wildman–Crippen MR) is 88.2 cm³/mol. The van der Waals surface area contributed by atoms with Gasteiger partial charge in [-0.2, -0.15) is 0 Å². The molecule has 1 atom stereocenters. The molecule has 1 unspecified atom stereocenters. The van der Waals surface area contributed by atoms with Crippen LogP contribution in [-0.4, -0.2) is 31.4 Å². The Morgan fingerprint density at radius 1 is 1.38 bits per heavy atom. The number of anilines is 1. The van der Waals surface area contributed by atoms with Crippen molar-refractivity contribution in [3.8, 4) is 0 Å². The van der Waals surface area contributed by atoms with Crippen molar-refractivity contribution in [2.45, 2.75) is 19.4 Å². The Labute approximate surface area is 129 Å². The summed E-state index contributed by atoms with van der Waals surface area (Å²) in [6.07, 6.45) is 1.07. The van der Waals surface area contributed by atoms with Gasteiger partial charge in [-0.1, -0.05) is 12.1 Å². The molecule has 0 aliphatic carbocycles. The smallest absolute Gasteiger partial charge is 0.254 e. The summed E-state index contributed by atoms with van der Waals surface area (Å²) in [5.74, 6) is 0.0824. The van der Waals surface area contributed by atoms with Crippen LogP contribution < -0.4 is 4.90 Å². The molecular weight excluding hydrogens is 280 g/mol. The number of carbonyl (C=O) groups excluding carboxylic acids is 1. The number of hydrogen-bond donors (Lipinski definition) is 0. The van der Waals surface area contributed by atoms with Crippen molar-refractivity contribution in [1.29, 1.82) is 0 Å². The van der Waals surface area contributed by atoms with Crippen LogP contribution in [-0.2, 0) is 6.42 Å². The third-order valence-corrected chi connectivity index (χ3v) is 5.36. The van der Waals surface area contributed by atoms with Crippen LogP contribution in [0.3, 0.4) is 0 Å². The van der Waals surface area contributed by atoms with Gasteiger partial charge in [-0.05, 0) is 42.5 Å². The second-order valence-corrected chi connectivity index (χ2v) is 6.60. The van der Waals surface area contributed by atoms with E-state index in [9.17, 15) is 4.79 Å². The van der Waals surface area contributed by atoms with E-state index in [1.165, 1.54) is 16.1 Å². The van der Waals surface area contributed by atoms with E-state index in [-0.39, 0.29) is 11.9 Å². The van der Waals surface area contributed by atoms with E-state index in [4.69, 9.17) is 0 Å². The summed E-state index contributed by atoms with van der Waals surface area (Å²) >= 11 is 1.69. The zero-order valence-electron chi connectivity index (χ0n) is 12.7. The van der Waals surface area contributed by atoms with Gasteiger partial charge < -0.3 is 9.80 Å². The number of nitrogens with zero attached hydrogens (tertiary/aromatic N) is 2. The maximum atomic E-state index is 12.7. The van der Waals surface area contributed by atoms with Gasteiger partial charge in [-0.15, -0.1) is 11.3 Å². The highest BCUT2D eigenvalue weighted by Crippen LogP contribution is 2.29. The van der Waals surface area contributed by atoms with Crippen LogP contribution in [0.4, 0.5) is 5.69 Å². The number of thiophene rings is 1. The van der Waals surface area contributed by atoms with Crippen LogP contribution in [0.15, 0.2) is 35.7 Å². The Bertz CT molecular complexity index is 651. The fraction of sp³-hybridized carbons (Fsp3) is 0.353. The average Bonchev–Trinajstić information content (AvgIpc) is 3.15. The number of carbonyl (C=O) groups is 1. The van der Waals surface area contributed by atoms with E-state index in [1.807, 2.05) is 30.1 Å². The van der Waals surface area contributed by atoms with Crippen LogP contribution in [0.1, 0.15) is 33.8 Å². The Hall–Kier alpha value is -1.81. The molecule has 3 nitrogen and oxygen atoms in total. The van der Waals surface area contributed by atoms with Crippen molar-refractivity contribution in [3.05, 3.63) is 51.7 Å². The molecule has 0 saturated heterocycles. The van der Waals surface area contributed by atoms with Crippen molar-refractivity contribution in [1.82, 2.24) is 4.90 Å². The standard InChI is InChI=1S/C17H20N2OS/c1-12(16-5-4-10-21-16)19(3)17(20)14-7-6-13-8-9-18(2)15(13)11-14/h4-7,10-12H,8-9H2,1-3H3. The summed E-state index contributed by atoms with van der Waals surface area (Å²) < 4.78 is 0. The topological polar surface area (TPSA) is 23.6 Å². The molecule has 0 bridgehead atoms. The first-order valence-electron chi connectivity index (χ1n) is 7.22. The molecule has 1 amide bonds. The second kappa shape index (κ2) is 5.53. The van der Waals surface area contributed by atoms with Gasteiger partial charge in [0.05, 0.1) is 6.04 Å². The monoisotopic (exact) mass is 300 g/mol. The maximum absolute atomic E-state index is 12.7. The lowest BCUT2D eigenvalue weighted by atomic mass is 10.1. The van der Waals surface area contributed by atoms with Crippen molar-refractivity contribution in [2.75, 3.05) is 25.5 Å². The van der Waals surface area contributed by atoms with Crippen LogP contribution in [0.2, 0.25) is 0 Å². The van der Waals surface area contributed by atoms with Crippen molar-refractivity contribution >= 4 is 22.9 Å². The zero-order valence-corrected chi connectivity index (χ0v) is 13.5. The van der Waals surface area contributed by atoms with Crippen LogP contribution >= 0.6 is 11.3 Å². The van der Waals surface area contributed by atoms with E-state index >= 15 is 0 Å². The molecule has 21 heavy (non-hydrogen) atoms. The van der Waals surface area contributed by atoms with Gasteiger partial charge in [-0.3, -0.25) is 4.79 Å². The summed E-state index contributed by atoms with van der Waals surface area (Å²) in [5, 5.41) is 2.05. The minimum absolute atomic E-state index is 0.0824. The summed E-state index contributed by atoms with van der Waals surface area (Å²) in [5.41, 5.74) is 3.30. The van der Waals surface area contributed by atoms with Gasteiger partial charge >= 0.3 is 0 Å². The summed E-state index contributed by atoms with van der Waals surface area (Å²) in [7, 11) is 3.96. The molecule has 1 aliphatic rings. The lowest BCUT2D eigenvalue weighted by Crippen LogP contribution is -2.29. The minimum Gasteiger partial charge on any atom is -0.374 e. The third-order valence-electron chi connectivity index (χ3n) is 4.32. The van der Waals surface area contributed by atoms with E-state index in [2.05, 4.69) is 36.4 Å². The van der Waals surface area contributed by atoms with Crippen molar-refractivity contribution in [3.63, 3.8) is 0 Å². The van der Waals surface area contributed by atoms with Gasteiger partial charge in [0.15, 0.2) is 0 Å². The Balaban J connectivity index is 1.84. The van der Waals surface area contributed by atoms with Crippen LogP contribution in [0.25, 0.3) is 0 Å². The fourth-order valence-electron chi connectivity index (χ4n) is 2.77. The number of rotatable bonds is 3. The van der Waals surface area contributed by atoms with Gasteiger partial charge in [0, 0.05) is 36.8 Å². The molecule has 3 rings (SSSR count). The molecule has 2 aromatic rings. The Kier molecular flexibility index (Phi) is 3.72. The van der Waals surface area contributed by atoms with Gasteiger partial charge in [-0.25, -0.2) is 0 Å². The SMILES string of the molecule is CC(c1cccs1)N(C)C(=O)c1ccc2c(c1)N(C)CC2. The van der Waals surface area contributed by atoms with Gasteiger partial charge in [0.25, 0.3) is 5.91 Å². The lowest BCUT2D eigenvalue weighted by Gasteiger charge is -2.24. The zero-order chi connectivity index (χ0) is 15.0. The average molecular weight is 300 g/mol. The second-order valence-electron chi connectivity index (χ2n) is 5.62. The Morgan fingerprint density at radius 3 is 2.90 bits per heavy atom. The Morgan fingerprint density at radius 2 is 2.19 bits per heavy atom. The van der Waals surface area contributed by atoms with E-state index in [1.54, 1.807) is 11.3 Å². The lowest BCUT2D eigenvalue weighted by molar-refractivity contribution is 0.0745. The highest BCUT2D eigenvalue weighted by molar-refractivity contribution is 7.10. The molecule has 2 heterocycles. The number of benzene rings is 1. The summed E-state index contributed by atoms with van der Waals surface area (Å²) in [6.45, 7) is 3.11. The predicted octanol–water partition coefficient (Wildman–Crippen LogP) is 3.57. The third kappa shape index (κ3) is 2.56. The molecule has 0 spiro atoms. The van der Waals surface area contributed by atoms with E-state index < -0.39 is 0 Å². The first-order chi connectivity index (χ1) is 10.1. The summed E-state index contributed by atoms with van der Waals surface area (Å²) in [6, 6.07) is 10.3. The van der Waals surface area contributed by atoms with Gasteiger partial charge in [0.2, 0.25) is 0 Å². The fourth-order valence-corrected chi connectivity index (χ4v) is 3.60. The maximum Gasteiger partial charge on any atom is 0.254 e. The molecule has 110 valence electrons. The number of amides is 1. The van der Waals surface area contributed by atoms with E-state index in [0.29, 0.717) is 0 Å². The molecule has 0 N–H and O–H groups in total. The molecule has 1 aromatic carbocycles. The molecular formula is C17H20N2OS. The van der Waals surface area contributed by atoms with Crippen LogP contribution in [0, 0.1) is 0 Å². The molecule has 4 heteroatoms. The molecule has 0 saturated carbocycles. The first-order valence-corrected chi connectivity index (χ1v) is 8.10. The summed E-state index contributed by atoms with van der Waals surface area (Å²) in [4.78, 5) is 18.0. The highest BCUT2D eigenvalue weighted by Gasteiger charge is 2.22. The molecule has 0 radical (unpaired) electrons. The number of fused-ring (bicyclic) bond motifs is 1. The van der Waals surface area contributed by atoms with Crippen molar-refractivity contribution < 1.29 is 4.79 Å². The van der Waals surface area contributed by atoms with Gasteiger partial charge in [0.1, 0.15) is 0 Å². The minimum atomic E-state index is 0.0824. The highest BCUT2D eigenvalue weighted by atomic mass is 32.1. The molecule has 0 fully saturated rings. The number of hydrogen-bond acceptors (Lipinski definition) is 3. The first kappa shape index (κ1) is 14.1. The van der Waals surface area contributed by atoms with Crippen molar-refractivity contribution in [2.24, 2.45) is 0 Å². The van der Waals surface area contributed by atoms with E-state index in [0.717, 1.165) is 18.5 Å².